The molecule has 0 spiro atoms. The van der Waals surface area contributed by atoms with Gasteiger partial charge in [-0.25, -0.2) is 4.79 Å². The van der Waals surface area contributed by atoms with E-state index in [9.17, 15) is 4.79 Å². The number of methoxy groups -OCH3 is 2. The van der Waals surface area contributed by atoms with Gasteiger partial charge in [0.25, 0.3) is 0 Å². The van der Waals surface area contributed by atoms with E-state index in [4.69, 9.17) is 14.2 Å². The SMILES string of the molecule is COc1cc(/C=C/c2ccccc2)c(/C=C/C(=O)Oc2ccccc2-c2ccccc2)c(OC)c1. The lowest BCUT2D eigenvalue weighted by molar-refractivity contribution is -0.128. The van der Waals surface area contributed by atoms with E-state index < -0.39 is 5.97 Å². The van der Waals surface area contributed by atoms with Crippen molar-refractivity contribution in [2.45, 2.75) is 0 Å². The van der Waals surface area contributed by atoms with E-state index in [1.54, 1.807) is 32.4 Å². The van der Waals surface area contributed by atoms with Crippen LogP contribution < -0.4 is 14.2 Å². The Morgan fingerprint density at radius 2 is 1.37 bits per heavy atom. The Bertz CT molecular complexity index is 1340. The van der Waals surface area contributed by atoms with Crippen molar-refractivity contribution in [2.75, 3.05) is 14.2 Å². The summed E-state index contributed by atoms with van der Waals surface area (Å²) in [5, 5.41) is 0. The zero-order chi connectivity index (χ0) is 24.5. The zero-order valence-corrected chi connectivity index (χ0v) is 19.7. The van der Waals surface area contributed by atoms with Crippen LogP contribution in [-0.4, -0.2) is 20.2 Å². The Kier molecular flexibility index (Phi) is 7.77. The smallest absolute Gasteiger partial charge is 0.336 e. The molecule has 174 valence electrons. The van der Waals surface area contributed by atoms with Gasteiger partial charge >= 0.3 is 5.97 Å². The lowest BCUT2D eigenvalue weighted by Gasteiger charge is -2.12. The van der Waals surface area contributed by atoms with Crippen LogP contribution in [0, 0.1) is 0 Å². The van der Waals surface area contributed by atoms with E-state index in [1.165, 1.54) is 6.08 Å². The maximum atomic E-state index is 12.8. The van der Waals surface area contributed by atoms with Gasteiger partial charge in [-0.2, -0.15) is 0 Å². The quantitative estimate of drug-likeness (QED) is 0.121. The lowest BCUT2D eigenvalue weighted by Crippen LogP contribution is -2.05. The summed E-state index contributed by atoms with van der Waals surface area (Å²) in [6.45, 7) is 0. The average Bonchev–Trinajstić information content (AvgIpc) is 2.92. The molecule has 0 aliphatic heterocycles. The van der Waals surface area contributed by atoms with Crippen LogP contribution >= 0.6 is 0 Å². The van der Waals surface area contributed by atoms with Crippen molar-refractivity contribution < 1.29 is 19.0 Å². The number of hydrogen-bond donors (Lipinski definition) is 0. The highest BCUT2D eigenvalue weighted by Crippen LogP contribution is 2.32. The van der Waals surface area contributed by atoms with E-state index in [0.717, 1.165) is 27.8 Å². The Labute approximate surface area is 205 Å². The maximum absolute atomic E-state index is 12.8. The van der Waals surface area contributed by atoms with Crippen LogP contribution in [0.1, 0.15) is 16.7 Å². The Morgan fingerprint density at radius 1 is 0.686 bits per heavy atom. The molecule has 0 saturated heterocycles. The van der Waals surface area contributed by atoms with Crippen molar-refractivity contribution in [2.24, 2.45) is 0 Å². The molecule has 4 heteroatoms. The molecule has 4 aromatic carbocycles. The number of para-hydroxylation sites is 1. The molecule has 0 amide bonds. The molecule has 0 heterocycles. The summed E-state index contributed by atoms with van der Waals surface area (Å²) in [6, 6.07) is 31.0. The van der Waals surface area contributed by atoms with Gasteiger partial charge < -0.3 is 14.2 Å². The van der Waals surface area contributed by atoms with E-state index in [2.05, 4.69) is 0 Å². The van der Waals surface area contributed by atoms with Crippen molar-refractivity contribution in [1.29, 1.82) is 0 Å². The molecule has 0 aliphatic rings. The minimum absolute atomic E-state index is 0.482. The summed E-state index contributed by atoms with van der Waals surface area (Å²) in [4.78, 5) is 12.8. The molecule has 0 fully saturated rings. The molecule has 4 aromatic rings. The van der Waals surface area contributed by atoms with E-state index in [0.29, 0.717) is 17.2 Å². The first-order valence-corrected chi connectivity index (χ1v) is 11.2. The molecular formula is C31H26O4. The summed E-state index contributed by atoms with van der Waals surface area (Å²) < 4.78 is 16.7. The van der Waals surface area contributed by atoms with Crippen molar-refractivity contribution in [3.8, 4) is 28.4 Å². The number of carbonyl (C=O) groups is 1. The summed E-state index contributed by atoms with van der Waals surface area (Å²) in [7, 11) is 3.20. The van der Waals surface area contributed by atoms with Crippen LogP contribution in [0.15, 0.2) is 103 Å². The first-order chi connectivity index (χ1) is 17.2. The number of ether oxygens (including phenoxy) is 3. The third-order valence-electron chi connectivity index (χ3n) is 5.43. The molecule has 0 bridgehead atoms. The Balaban J connectivity index is 1.62. The van der Waals surface area contributed by atoms with Gasteiger partial charge in [-0.05, 0) is 34.9 Å². The summed E-state index contributed by atoms with van der Waals surface area (Å²) in [6.07, 6.45) is 7.08. The van der Waals surface area contributed by atoms with Crippen molar-refractivity contribution in [3.63, 3.8) is 0 Å². The molecule has 0 unspecified atom stereocenters. The van der Waals surface area contributed by atoms with Gasteiger partial charge in [0.15, 0.2) is 0 Å². The molecule has 4 nitrogen and oxygen atoms in total. The van der Waals surface area contributed by atoms with Gasteiger partial charge in [0.05, 0.1) is 14.2 Å². The van der Waals surface area contributed by atoms with Gasteiger partial charge in [0.1, 0.15) is 17.2 Å². The minimum atomic E-state index is -0.482. The summed E-state index contributed by atoms with van der Waals surface area (Å²) in [5.74, 6) is 1.26. The van der Waals surface area contributed by atoms with Crippen LogP contribution in [0.4, 0.5) is 0 Å². The maximum Gasteiger partial charge on any atom is 0.336 e. The lowest BCUT2D eigenvalue weighted by atomic mass is 10.0. The van der Waals surface area contributed by atoms with Crippen molar-refractivity contribution in [1.82, 2.24) is 0 Å². The first-order valence-electron chi connectivity index (χ1n) is 11.2. The number of esters is 1. The predicted molar refractivity (Wildman–Crippen MR) is 141 cm³/mol. The standard InChI is InChI=1S/C31H26O4/c1-33-26-21-25(18-17-23-11-5-3-6-12-23)28(30(22-26)34-2)19-20-31(32)35-29-16-10-9-15-27(29)24-13-7-4-8-14-24/h3-22H,1-2H3/b18-17+,20-19+. The normalized spacial score (nSPS) is 11.0. The fourth-order valence-electron chi connectivity index (χ4n) is 3.68. The highest BCUT2D eigenvalue weighted by molar-refractivity contribution is 5.92. The number of carbonyl (C=O) groups excluding carboxylic acids is 1. The summed E-state index contributed by atoms with van der Waals surface area (Å²) >= 11 is 0. The molecule has 4 rings (SSSR count). The van der Waals surface area contributed by atoms with Gasteiger partial charge in [0.2, 0.25) is 0 Å². The van der Waals surface area contributed by atoms with E-state index in [1.807, 2.05) is 97.1 Å². The van der Waals surface area contributed by atoms with Gasteiger partial charge in [-0.15, -0.1) is 0 Å². The third-order valence-corrected chi connectivity index (χ3v) is 5.43. The van der Waals surface area contributed by atoms with Crippen LogP contribution in [0.25, 0.3) is 29.4 Å². The van der Waals surface area contributed by atoms with Gasteiger partial charge in [-0.3, -0.25) is 0 Å². The van der Waals surface area contributed by atoms with Crippen LogP contribution in [0.2, 0.25) is 0 Å². The number of hydrogen-bond acceptors (Lipinski definition) is 4. The molecule has 0 atom stereocenters. The van der Waals surface area contributed by atoms with Crippen LogP contribution in [0.3, 0.4) is 0 Å². The molecule has 0 aliphatic carbocycles. The predicted octanol–water partition coefficient (Wildman–Crippen LogP) is 7.16. The first kappa shape index (κ1) is 23.6. The van der Waals surface area contributed by atoms with Crippen LogP contribution in [-0.2, 0) is 4.79 Å². The number of benzene rings is 4. The second kappa shape index (κ2) is 11.5. The summed E-state index contributed by atoms with van der Waals surface area (Å²) in [5.41, 5.74) is 4.47. The highest BCUT2D eigenvalue weighted by Gasteiger charge is 2.11. The van der Waals surface area contributed by atoms with Crippen molar-refractivity contribution >= 4 is 24.2 Å². The molecular weight excluding hydrogens is 436 g/mol. The largest absolute Gasteiger partial charge is 0.497 e. The Morgan fingerprint density at radius 3 is 2.09 bits per heavy atom. The minimum Gasteiger partial charge on any atom is -0.497 e. The van der Waals surface area contributed by atoms with Crippen molar-refractivity contribution in [3.05, 3.63) is 120 Å². The monoisotopic (exact) mass is 462 g/mol. The molecule has 0 saturated carbocycles. The van der Waals surface area contributed by atoms with Gasteiger partial charge in [0, 0.05) is 23.3 Å². The van der Waals surface area contributed by atoms with Gasteiger partial charge in [-0.1, -0.05) is 91.0 Å². The fraction of sp³-hybridized carbons (Fsp3) is 0.0645. The number of rotatable bonds is 8. The molecule has 35 heavy (non-hydrogen) atoms. The second-order valence-corrected chi connectivity index (χ2v) is 7.69. The topological polar surface area (TPSA) is 44.8 Å². The van der Waals surface area contributed by atoms with E-state index >= 15 is 0 Å². The van der Waals surface area contributed by atoms with E-state index in [-0.39, 0.29) is 0 Å². The zero-order valence-electron chi connectivity index (χ0n) is 19.7. The Hall–Kier alpha value is -4.57. The highest BCUT2D eigenvalue weighted by atomic mass is 16.5. The molecule has 0 N–H and O–H groups in total. The third kappa shape index (κ3) is 6.06. The molecule has 0 radical (unpaired) electrons. The van der Waals surface area contributed by atoms with Crippen LogP contribution in [0.5, 0.6) is 17.2 Å². The fourth-order valence-corrected chi connectivity index (χ4v) is 3.68. The second-order valence-electron chi connectivity index (χ2n) is 7.69. The average molecular weight is 463 g/mol. The molecule has 0 aromatic heterocycles.